The maximum absolute atomic E-state index is 10.3. The molecule has 1 aromatic heterocycles. The topological polar surface area (TPSA) is 67.3 Å². The largest absolute Gasteiger partial charge is 0.285 e. The van der Waals surface area contributed by atoms with Crippen LogP contribution in [0.3, 0.4) is 0 Å². The van der Waals surface area contributed by atoms with Crippen molar-refractivity contribution in [3.63, 3.8) is 0 Å². The lowest BCUT2D eigenvalue weighted by atomic mass is 10.3. The molecule has 5 heteroatoms. The Kier molecular flexibility index (Phi) is 2.21. The van der Waals surface area contributed by atoms with Gasteiger partial charge < -0.3 is 0 Å². The fourth-order valence-corrected chi connectivity index (χ4v) is 1.30. The summed E-state index contributed by atoms with van der Waals surface area (Å²) in [4.78, 5) is 3.70. The normalized spacial score (nSPS) is 11.4. The van der Waals surface area contributed by atoms with Gasteiger partial charge in [-0.2, -0.15) is 8.42 Å². The average molecular weight is 173 g/mol. The molecule has 0 aliphatic rings. The van der Waals surface area contributed by atoms with Crippen molar-refractivity contribution in [1.29, 1.82) is 0 Å². The first kappa shape index (κ1) is 8.16. The van der Waals surface area contributed by atoms with Crippen LogP contribution in [0, 0.1) is 0 Å². The molecular weight excluding hydrogens is 166 g/mol. The third-order valence-electron chi connectivity index (χ3n) is 1.10. The Morgan fingerprint density at radius 1 is 1.36 bits per heavy atom. The lowest BCUT2D eigenvalue weighted by molar-refractivity contribution is 0.482. The Morgan fingerprint density at radius 2 is 1.91 bits per heavy atom. The maximum atomic E-state index is 10.3. The van der Waals surface area contributed by atoms with E-state index in [1.807, 2.05) is 0 Å². The van der Waals surface area contributed by atoms with E-state index in [-0.39, 0.29) is 5.75 Å². The standard InChI is InChI=1S/C6H7NO3S/c8-11(9,10)5-6-1-3-7-4-2-6/h1-4H,5H2,(H,8,9,10). The molecule has 0 atom stereocenters. The summed E-state index contributed by atoms with van der Waals surface area (Å²) in [5.41, 5.74) is 0.530. The van der Waals surface area contributed by atoms with Gasteiger partial charge in [0.15, 0.2) is 0 Å². The van der Waals surface area contributed by atoms with Crippen molar-refractivity contribution in [2.45, 2.75) is 5.75 Å². The minimum Gasteiger partial charge on any atom is -0.285 e. The van der Waals surface area contributed by atoms with Crippen LogP contribution in [0.25, 0.3) is 0 Å². The minimum absolute atomic E-state index is 0.352. The molecule has 0 bridgehead atoms. The summed E-state index contributed by atoms with van der Waals surface area (Å²) in [6.07, 6.45) is 2.95. The van der Waals surface area contributed by atoms with E-state index in [4.69, 9.17) is 4.55 Å². The molecule has 0 amide bonds. The molecule has 0 spiro atoms. The van der Waals surface area contributed by atoms with Gasteiger partial charge in [-0.15, -0.1) is 0 Å². The molecule has 1 rings (SSSR count). The molecular formula is C6H7NO3S. The molecule has 0 aliphatic carbocycles. The number of nitrogens with zero attached hydrogens (tertiary/aromatic N) is 1. The maximum Gasteiger partial charge on any atom is 0.269 e. The molecule has 4 nitrogen and oxygen atoms in total. The van der Waals surface area contributed by atoms with Crippen molar-refractivity contribution in [1.82, 2.24) is 4.98 Å². The first-order valence-electron chi connectivity index (χ1n) is 2.92. The minimum atomic E-state index is -3.90. The van der Waals surface area contributed by atoms with E-state index in [0.29, 0.717) is 5.56 Å². The van der Waals surface area contributed by atoms with Crippen LogP contribution in [0.4, 0.5) is 0 Å². The number of hydrogen-bond acceptors (Lipinski definition) is 3. The number of aromatic nitrogens is 1. The summed E-state index contributed by atoms with van der Waals surface area (Å²) < 4.78 is 29.1. The van der Waals surface area contributed by atoms with Gasteiger partial charge in [-0.05, 0) is 17.7 Å². The van der Waals surface area contributed by atoms with Gasteiger partial charge in [-0.25, -0.2) is 0 Å². The molecule has 0 saturated carbocycles. The fraction of sp³-hybridized carbons (Fsp3) is 0.167. The first-order chi connectivity index (χ1) is 5.08. The number of pyridine rings is 1. The third-order valence-corrected chi connectivity index (χ3v) is 1.80. The SMILES string of the molecule is O=S(=O)(O)Cc1ccncc1. The van der Waals surface area contributed by atoms with Gasteiger partial charge >= 0.3 is 0 Å². The van der Waals surface area contributed by atoms with Gasteiger partial charge in [0, 0.05) is 12.4 Å². The number of hydrogen-bond donors (Lipinski definition) is 1. The van der Waals surface area contributed by atoms with Gasteiger partial charge in [0.1, 0.15) is 5.75 Å². The second-order valence-electron chi connectivity index (χ2n) is 2.08. The smallest absolute Gasteiger partial charge is 0.269 e. The van der Waals surface area contributed by atoms with Crippen LogP contribution < -0.4 is 0 Å². The van der Waals surface area contributed by atoms with Crippen molar-refractivity contribution in [2.24, 2.45) is 0 Å². The highest BCUT2D eigenvalue weighted by Crippen LogP contribution is 2.01. The molecule has 60 valence electrons. The lowest BCUT2D eigenvalue weighted by Crippen LogP contribution is -2.01. The van der Waals surface area contributed by atoms with Gasteiger partial charge in [0.05, 0.1) is 0 Å². The zero-order chi connectivity index (χ0) is 8.32. The Bertz CT molecular complexity index is 319. The van der Waals surface area contributed by atoms with E-state index in [1.165, 1.54) is 24.5 Å². The molecule has 11 heavy (non-hydrogen) atoms. The highest BCUT2D eigenvalue weighted by atomic mass is 32.2. The van der Waals surface area contributed by atoms with Gasteiger partial charge in [-0.1, -0.05) is 0 Å². The van der Waals surface area contributed by atoms with E-state index in [2.05, 4.69) is 4.98 Å². The molecule has 1 aromatic rings. The van der Waals surface area contributed by atoms with E-state index in [1.54, 1.807) is 0 Å². The Labute approximate surface area is 64.6 Å². The zero-order valence-electron chi connectivity index (χ0n) is 5.64. The van der Waals surface area contributed by atoms with Crippen molar-refractivity contribution in [3.05, 3.63) is 30.1 Å². The van der Waals surface area contributed by atoms with Crippen molar-refractivity contribution < 1.29 is 13.0 Å². The van der Waals surface area contributed by atoms with Gasteiger partial charge in [0.2, 0.25) is 0 Å². The summed E-state index contributed by atoms with van der Waals surface area (Å²) in [5, 5.41) is 0. The van der Waals surface area contributed by atoms with Crippen LogP contribution in [0.5, 0.6) is 0 Å². The molecule has 0 unspecified atom stereocenters. The predicted octanol–water partition coefficient (Wildman–Crippen LogP) is 0.469. The molecule has 0 aromatic carbocycles. The molecule has 0 radical (unpaired) electrons. The Morgan fingerprint density at radius 3 is 2.36 bits per heavy atom. The summed E-state index contributed by atoms with van der Waals surface area (Å²) in [6, 6.07) is 3.07. The lowest BCUT2D eigenvalue weighted by Gasteiger charge is -1.94. The fourth-order valence-electron chi connectivity index (χ4n) is 0.690. The highest BCUT2D eigenvalue weighted by Gasteiger charge is 2.04. The third kappa shape index (κ3) is 3.10. The van der Waals surface area contributed by atoms with E-state index in [0.717, 1.165) is 0 Å². The van der Waals surface area contributed by atoms with Gasteiger partial charge in [-0.3, -0.25) is 9.54 Å². The summed E-state index contributed by atoms with van der Waals surface area (Å²) in [6.45, 7) is 0. The summed E-state index contributed by atoms with van der Waals surface area (Å²) >= 11 is 0. The molecule has 1 heterocycles. The van der Waals surface area contributed by atoms with Crippen molar-refractivity contribution >= 4 is 10.1 Å². The molecule has 1 N–H and O–H groups in total. The van der Waals surface area contributed by atoms with Crippen LogP contribution in [0.15, 0.2) is 24.5 Å². The Balaban J connectivity index is 2.82. The van der Waals surface area contributed by atoms with E-state index in [9.17, 15) is 8.42 Å². The van der Waals surface area contributed by atoms with Crippen LogP contribution >= 0.6 is 0 Å². The highest BCUT2D eigenvalue weighted by molar-refractivity contribution is 7.85. The van der Waals surface area contributed by atoms with Crippen LogP contribution in [0.2, 0.25) is 0 Å². The number of rotatable bonds is 2. The second-order valence-corrected chi connectivity index (χ2v) is 3.53. The van der Waals surface area contributed by atoms with E-state index < -0.39 is 10.1 Å². The zero-order valence-corrected chi connectivity index (χ0v) is 6.45. The summed E-state index contributed by atoms with van der Waals surface area (Å²) in [5.74, 6) is -0.352. The quantitative estimate of drug-likeness (QED) is 0.660. The van der Waals surface area contributed by atoms with Crippen molar-refractivity contribution in [3.8, 4) is 0 Å². The predicted molar refractivity (Wildman–Crippen MR) is 39.5 cm³/mol. The van der Waals surface area contributed by atoms with Crippen LogP contribution in [0.1, 0.15) is 5.56 Å². The van der Waals surface area contributed by atoms with Crippen LogP contribution in [-0.2, 0) is 15.9 Å². The Hall–Kier alpha value is -0.940. The first-order valence-corrected chi connectivity index (χ1v) is 4.53. The van der Waals surface area contributed by atoms with E-state index >= 15 is 0 Å². The van der Waals surface area contributed by atoms with Crippen LogP contribution in [-0.4, -0.2) is 18.0 Å². The monoisotopic (exact) mass is 173 g/mol. The molecule has 0 fully saturated rings. The second kappa shape index (κ2) is 2.98. The van der Waals surface area contributed by atoms with Gasteiger partial charge in [0.25, 0.3) is 10.1 Å². The molecule has 0 aliphatic heterocycles. The summed E-state index contributed by atoms with van der Waals surface area (Å²) in [7, 11) is -3.90. The average Bonchev–Trinajstić information content (AvgIpc) is 1.85. The molecule has 0 saturated heterocycles. The van der Waals surface area contributed by atoms with Crippen molar-refractivity contribution in [2.75, 3.05) is 0 Å².